The van der Waals surface area contributed by atoms with Gasteiger partial charge in [-0.2, -0.15) is 0 Å². The minimum Gasteiger partial charge on any atom is -0.394 e. The standard InChI is InChI=1S/C9H16N4O3S/c14-3-2-13-6-9(11-12-13)5-10-8-1-4-17(15,16)7-8/h6,8,10,14H,1-5,7H2. The van der Waals surface area contributed by atoms with Crippen LogP contribution in [0.4, 0.5) is 0 Å². The fourth-order valence-corrected chi connectivity index (χ4v) is 3.54. The summed E-state index contributed by atoms with van der Waals surface area (Å²) in [4.78, 5) is 0. The Hall–Kier alpha value is -0.990. The maximum absolute atomic E-state index is 11.2. The first-order valence-corrected chi connectivity index (χ1v) is 7.35. The number of aromatic nitrogens is 3. The number of aliphatic hydroxyl groups excluding tert-OH is 1. The van der Waals surface area contributed by atoms with Crippen molar-refractivity contribution < 1.29 is 13.5 Å². The second-order valence-corrected chi connectivity index (χ2v) is 6.41. The van der Waals surface area contributed by atoms with Gasteiger partial charge in [0.15, 0.2) is 9.84 Å². The number of nitrogens with zero attached hydrogens (tertiary/aromatic N) is 3. The number of hydrogen-bond acceptors (Lipinski definition) is 6. The molecule has 1 saturated heterocycles. The quantitative estimate of drug-likeness (QED) is 0.672. The molecule has 1 aromatic heterocycles. The molecule has 0 amide bonds. The Bertz CT molecular complexity index is 470. The topological polar surface area (TPSA) is 97.1 Å². The zero-order chi connectivity index (χ0) is 12.3. The first-order chi connectivity index (χ1) is 8.09. The zero-order valence-corrected chi connectivity index (χ0v) is 10.2. The minimum absolute atomic E-state index is 0.0167. The third-order valence-electron chi connectivity index (χ3n) is 2.72. The molecule has 1 fully saturated rings. The van der Waals surface area contributed by atoms with E-state index in [0.717, 1.165) is 5.69 Å². The van der Waals surface area contributed by atoms with E-state index in [1.54, 1.807) is 10.9 Å². The molecule has 1 aliphatic rings. The van der Waals surface area contributed by atoms with Crippen molar-refractivity contribution in [3.05, 3.63) is 11.9 Å². The molecule has 0 saturated carbocycles. The van der Waals surface area contributed by atoms with Crippen LogP contribution < -0.4 is 5.32 Å². The highest BCUT2D eigenvalue weighted by Crippen LogP contribution is 2.11. The van der Waals surface area contributed by atoms with Crippen molar-refractivity contribution >= 4 is 9.84 Å². The van der Waals surface area contributed by atoms with Crippen molar-refractivity contribution in [1.29, 1.82) is 0 Å². The van der Waals surface area contributed by atoms with Gasteiger partial charge in [-0.25, -0.2) is 13.1 Å². The second kappa shape index (κ2) is 5.11. The molecule has 0 spiro atoms. The van der Waals surface area contributed by atoms with E-state index in [9.17, 15) is 8.42 Å². The molecule has 2 N–H and O–H groups in total. The molecule has 7 nitrogen and oxygen atoms in total. The molecule has 0 bridgehead atoms. The molecule has 0 aliphatic carbocycles. The van der Waals surface area contributed by atoms with Crippen LogP contribution in [0.5, 0.6) is 0 Å². The summed E-state index contributed by atoms with van der Waals surface area (Å²) in [6.45, 7) is 0.952. The molecule has 96 valence electrons. The lowest BCUT2D eigenvalue weighted by molar-refractivity contribution is 0.268. The molecule has 2 rings (SSSR count). The largest absolute Gasteiger partial charge is 0.394 e. The Labute approximate surface area is 99.7 Å². The average Bonchev–Trinajstić information content (AvgIpc) is 2.83. The van der Waals surface area contributed by atoms with Gasteiger partial charge in [0.2, 0.25) is 0 Å². The van der Waals surface area contributed by atoms with Crippen LogP contribution in [0.15, 0.2) is 6.20 Å². The van der Waals surface area contributed by atoms with Gasteiger partial charge in [-0.3, -0.25) is 0 Å². The van der Waals surface area contributed by atoms with Gasteiger partial charge in [-0.1, -0.05) is 5.21 Å². The van der Waals surface area contributed by atoms with Crippen molar-refractivity contribution in [2.24, 2.45) is 0 Å². The van der Waals surface area contributed by atoms with Crippen molar-refractivity contribution in [3.8, 4) is 0 Å². The summed E-state index contributed by atoms with van der Waals surface area (Å²) in [6, 6.07) is 0.0167. The Morgan fingerprint density at radius 2 is 2.41 bits per heavy atom. The minimum atomic E-state index is -2.84. The van der Waals surface area contributed by atoms with Crippen molar-refractivity contribution in [3.63, 3.8) is 0 Å². The van der Waals surface area contributed by atoms with Gasteiger partial charge in [0.25, 0.3) is 0 Å². The monoisotopic (exact) mass is 260 g/mol. The fourth-order valence-electron chi connectivity index (χ4n) is 1.84. The third kappa shape index (κ3) is 3.48. The van der Waals surface area contributed by atoms with Crippen molar-refractivity contribution in [1.82, 2.24) is 20.3 Å². The van der Waals surface area contributed by atoms with Crippen LogP contribution in [0.1, 0.15) is 12.1 Å². The summed E-state index contributed by atoms with van der Waals surface area (Å²) in [5.41, 5.74) is 0.753. The van der Waals surface area contributed by atoms with Crippen LogP contribution >= 0.6 is 0 Å². The Morgan fingerprint density at radius 3 is 3.06 bits per heavy atom. The molecule has 1 aliphatic heterocycles. The zero-order valence-electron chi connectivity index (χ0n) is 9.41. The SMILES string of the molecule is O=S1(=O)CCC(NCc2cn(CCO)nn2)C1. The van der Waals surface area contributed by atoms with E-state index in [1.807, 2.05) is 0 Å². The fraction of sp³-hybridized carbons (Fsp3) is 0.778. The highest BCUT2D eigenvalue weighted by molar-refractivity contribution is 7.91. The first kappa shape index (κ1) is 12.5. The summed E-state index contributed by atoms with van der Waals surface area (Å²) in [7, 11) is -2.84. The molecular weight excluding hydrogens is 244 g/mol. The molecular formula is C9H16N4O3S. The molecule has 0 radical (unpaired) electrons. The van der Waals surface area contributed by atoms with E-state index in [4.69, 9.17) is 5.11 Å². The third-order valence-corrected chi connectivity index (χ3v) is 4.49. The van der Waals surface area contributed by atoms with E-state index in [0.29, 0.717) is 19.5 Å². The van der Waals surface area contributed by atoms with Crippen LogP contribution in [0, 0.1) is 0 Å². The van der Waals surface area contributed by atoms with Gasteiger partial charge in [-0.05, 0) is 6.42 Å². The lowest BCUT2D eigenvalue weighted by atomic mass is 10.2. The Kier molecular flexibility index (Phi) is 3.75. The van der Waals surface area contributed by atoms with Crippen molar-refractivity contribution in [2.45, 2.75) is 25.6 Å². The van der Waals surface area contributed by atoms with Gasteiger partial charge < -0.3 is 10.4 Å². The lowest BCUT2D eigenvalue weighted by Gasteiger charge is -2.07. The maximum atomic E-state index is 11.2. The molecule has 8 heteroatoms. The van der Waals surface area contributed by atoms with Crippen LogP contribution in [-0.2, 0) is 22.9 Å². The van der Waals surface area contributed by atoms with Crippen LogP contribution in [0.2, 0.25) is 0 Å². The number of hydrogen-bond donors (Lipinski definition) is 2. The average molecular weight is 260 g/mol. The van der Waals surface area contributed by atoms with Crippen LogP contribution in [0.3, 0.4) is 0 Å². The molecule has 2 heterocycles. The predicted octanol–water partition coefficient (Wildman–Crippen LogP) is -1.45. The number of rotatable bonds is 5. The number of sulfone groups is 1. The Morgan fingerprint density at radius 1 is 1.59 bits per heavy atom. The maximum Gasteiger partial charge on any atom is 0.151 e. The smallest absolute Gasteiger partial charge is 0.151 e. The summed E-state index contributed by atoms with van der Waals surface area (Å²) in [5, 5.41) is 19.6. The summed E-state index contributed by atoms with van der Waals surface area (Å²) >= 11 is 0. The van der Waals surface area contributed by atoms with Crippen molar-refractivity contribution in [2.75, 3.05) is 18.1 Å². The van der Waals surface area contributed by atoms with E-state index in [-0.39, 0.29) is 24.2 Å². The van der Waals surface area contributed by atoms with Gasteiger partial charge >= 0.3 is 0 Å². The van der Waals surface area contributed by atoms with E-state index in [1.165, 1.54) is 0 Å². The normalized spacial score (nSPS) is 23.0. The summed E-state index contributed by atoms with van der Waals surface area (Å²) in [5.74, 6) is 0.472. The van der Waals surface area contributed by atoms with E-state index in [2.05, 4.69) is 15.6 Å². The van der Waals surface area contributed by atoms with E-state index < -0.39 is 9.84 Å². The van der Waals surface area contributed by atoms with Crippen LogP contribution in [-0.4, -0.2) is 52.7 Å². The molecule has 1 atom stereocenters. The molecule has 1 aromatic rings. The van der Waals surface area contributed by atoms with Gasteiger partial charge in [0.05, 0.1) is 30.4 Å². The first-order valence-electron chi connectivity index (χ1n) is 5.53. The summed E-state index contributed by atoms with van der Waals surface area (Å²) in [6.07, 6.45) is 2.40. The lowest BCUT2D eigenvalue weighted by Crippen LogP contribution is -2.29. The molecule has 1 unspecified atom stereocenters. The highest BCUT2D eigenvalue weighted by Gasteiger charge is 2.27. The van der Waals surface area contributed by atoms with Gasteiger partial charge in [0, 0.05) is 18.8 Å². The second-order valence-electron chi connectivity index (χ2n) is 4.18. The Balaban J connectivity index is 1.82. The predicted molar refractivity (Wildman–Crippen MR) is 61.0 cm³/mol. The van der Waals surface area contributed by atoms with E-state index >= 15 is 0 Å². The molecule has 17 heavy (non-hydrogen) atoms. The van der Waals surface area contributed by atoms with Gasteiger partial charge in [0.1, 0.15) is 0 Å². The number of aliphatic hydroxyl groups is 1. The van der Waals surface area contributed by atoms with Gasteiger partial charge in [-0.15, -0.1) is 5.10 Å². The molecule has 0 aromatic carbocycles. The highest BCUT2D eigenvalue weighted by atomic mass is 32.2. The van der Waals surface area contributed by atoms with Crippen LogP contribution in [0.25, 0.3) is 0 Å². The summed E-state index contributed by atoms with van der Waals surface area (Å²) < 4.78 is 24.0. The number of nitrogens with one attached hydrogen (secondary N) is 1.